The van der Waals surface area contributed by atoms with E-state index in [2.05, 4.69) is 37.9 Å². The summed E-state index contributed by atoms with van der Waals surface area (Å²) in [5.41, 5.74) is 2.15. The number of carbonyl (C=O) groups is 2. The molecule has 2 aliphatic heterocycles. The van der Waals surface area contributed by atoms with Gasteiger partial charge in [-0.1, -0.05) is 38.8 Å². The van der Waals surface area contributed by atoms with Gasteiger partial charge in [0.2, 0.25) is 0 Å². The first kappa shape index (κ1) is 28.2. The van der Waals surface area contributed by atoms with E-state index in [-0.39, 0.29) is 29.4 Å². The zero-order valence-electron chi connectivity index (χ0n) is 23.0. The van der Waals surface area contributed by atoms with Crippen molar-refractivity contribution in [3.05, 3.63) is 35.4 Å². The number of carbonyl (C=O) groups excluding carboxylic acids is 2. The quantitative estimate of drug-likeness (QED) is 0.325. The smallest absolute Gasteiger partial charge is 0.308 e. The number of piperidine rings is 1. The van der Waals surface area contributed by atoms with E-state index in [1.807, 2.05) is 26.0 Å². The molecule has 1 aromatic rings. The summed E-state index contributed by atoms with van der Waals surface area (Å²) in [6.07, 6.45) is 7.95. The molecule has 5 atom stereocenters. The van der Waals surface area contributed by atoms with Crippen molar-refractivity contribution in [1.82, 2.24) is 4.90 Å². The zero-order chi connectivity index (χ0) is 26.5. The molecule has 0 N–H and O–H groups in total. The summed E-state index contributed by atoms with van der Waals surface area (Å²) >= 11 is 0. The van der Waals surface area contributed by atoms with Crippen LogP contribution in [0, 0.1) is 5.92 Å². The Morgan fingerprint density at radius 3 is 2.31 bits per heavy atom. The summed E-state index contributed by atoms with van der Waals surface area (Å²) < 4.78 is 22.3. The molecular formula is C29H43NO6. The van der Waals surface area contributed by atoms with Crippen LogP contribution in [0.25, 0.3) is 0 Å². The topological polar surface area (TPSA) is 74.3 Å². The molecule has 0 amide bonds. The average molecular weight is 502 g/mol. The van der Waals surface area contributed by atoms with E-state index in [0.717, 1.165) is 38.2 Å². The van der Waals surface area contributed by atoms with Gasteiger partial charge in [0.1, 0.15) is 6.10 Å². The molecule has 0 radical (unpaired) electrons. The van der Waals surface area contributed by atoms with Crippen LogP contribution in [0.5, 0.6) is 11.5 Å². The van der Waals surface area contributed by atoms with Crippen LogP contribution in [0.2, 0.25) is 0 Å². The van der Waals surface area contributed by atoms with Gasteiger partial charge >= 0.3 is 11.9 Å². The number of benzene rings is 1. The molecule has 0 unspecified atom stereocenters. The first-order valence-corrected chi connectivity index (χ1v) is 13.4. The van der Waals surface area contributed by atoms with Crippen molar-refractivity contribution in [1.29, 1.82) is 0 Å². The van der Waals surface area contributed by atoms with Crippen LogP contribution in [0.1, 0.15) is 71.9 Å². The van der Waals surface area contributed by atoms with Crippen molar-refractivity contribution in [3.8, 4) is 11.5 Å². The van der Waals surface area contributed by atoms with Crippen molar-refractivity contribution >= 4 is 11.9 Å². The summed E-state index contributed by atoms with van der Waals surface area (Å²) in [6, 6.07) is 4.28. The van der Waals surface area contributed by atoms with Gasteiger partial charge in [-0.2, -0.15) is 0 Å². The lowest BCUT2D eigenvalue weighted by Gasteiger charge is -2.56. The van der Waals surface area contributed by atoms with Crippen LogP contribution in [-0.2, 0) is 30.9 Å². The predicted molar refractivity (Wildman–Crippen MR) is 140 cm³/mol. The normalized spacial score (nSPS) is 28.4. The Morgan fingerprint density at radius 2 is 1.75 bits per heavy atom. The Morgan fingerprint density at radius 1 is 1.06 bits per heavy atom. The number of hydrogen-bond acceptors (Lipinski definition) is 7. The van der Waals surface area contributed by atoms with E-state index < -0.39 is 6.10 Å². The highest BCUT2D eigenvalue weighted by Crippen LogP contribution is 2.62. The highest BCUT2D eigenvalue weighted by Gasteiger charge is 2.65. The second-order valence-electron chi connectivity index (χ2n) is 9.87. The van der Waals surface area contributed by atoms with Crippen molar-refractivity contribution in [2.45, 2.75) is 90.9 Å². The molecule has 36 heavy (non-hydrogen) atoms. The first-order chi connectivity index (χ1) is 17.2. The van der Waals surface area contributed by atoms with Crippen LogP contribution >= 0.6 is 0 Å². The van der Waals surface area contributed by atoms with E-state index >= 15 is 0 Å². The molecule has 5 rings (SSSR count). The van der Waals surface area contributed by atoms with Crippen LogP contribution in [0.4, 0.5) is 0 Å². The van der Waals surface area contributed by atoms with E-state index in [1.165, 1.54) is 32.3 Å². The fraction of sp³-hybridized carbons (Fsp3) is 0.655. The Hall–Kier alpha value is -2.38. The van der Waals surface area contributed by atoms with Crippen LogP contribution in [-0.4, -0.2) is 61.9 Å². The second kappa shape index (κ2) is 12.2. The maximum Gasteiger partial charge on any atom is 0.308 e. The Kier molecular flexibility index (Phi) is 9.59. The Bertz CT molecular complexity index is 955. The molecule has 0 saturated carbocycles. The fourth-order valence-corrected chi connectivity index (χ4v) is 5.94. The number of ether oxygens (including phenoxy) is 4. The van der Waals surface area contributed by atoms with Gasteiger partial charge in [0.25, 0.3) is 0 Å². The maximum atomic E-state index is 11.7. The second-order valence-corrected chi connectivity index (χ2v) is 9.87. The summed E-state index contributed by atoms with van der Waals surface area (Å²) in [5, 5.41) is 0. The zero-order valence-corrected chi connectivity index (χ0v) is 23.0. The third-order valence-corrected chi connectivity index (χ3v) is 7.58. The van der Waals surface area contributed by atoms with Crippen molar-refractivity contribution < 1.29 is 28.5 Å². The SMILES string of the molecule is CC(=O)Oc1ccc2c3c1O[C@H]1[C@@H](OC(C)=O)C=C[C@H]4[C@@H](C2)N(C)CC[C@@]341.CCCC.CCOCC. The minimum atomic E-state index is -0.439. The third-order valence-electron chi connectivity index (χ3n) is 7.58. The molecule has 2 bridgehead atoms. The van der Waals surface area contributed by atoms with Gasteiger partial charge in [0.05, 0.1) is 0 Å². The molecule has 1 fully saturated rings. The highest BCUT2D eigenvalue weighted by atomic mass is 16.6. The first-order valence-electron chi connectivity index (χ1n) is 13.4. The minimum Gasteiger partial charge on any atom is -0.481 e. The lowest BCUT2D eigenvalue weighted by atomic mass is 9.53. The maximum absolute atomic E-state index is 11.7. The van der Waals surface area contributed by atoms with Crippen molar-refractivity contribution in [2.75, 3.05) is 26.8 Å². The summed E-state index contributed by atoms with van der Waals surface area (Å²) in [7, 11) is 2.17. The minimum absolute atomic E-state index is 0.245. The van der Waals surface area contributed by atoms with Gasteiger partial charge < -0.3 is 23.8 Å². The lowest BCUT2D eigenvalue weighted by molar-refractivity contribution is -0.152. The molecule has 7 heteroatoms. The monoisotopic (exact) mass is 501 g/mol. The van der Waals surface area contributed by atoms with Gasteiger partial charge in [-0.15, -0.1) is 0 Å². The Balaban J connectivity index is 0.000000348. The van der Waals surface area contributed by atoms with E-state index in [0.29, 0.717) is 17.5 Å². The number of esters is 2. The molecular weight excluding hydrogens is 458 g/mol. The fourth-order valence-electron chi connectivity index (χ4n) is 5.94. The number of rotatable bonds is 5. The Labute approximate surface area is 216 Å². The lowest BCUT2D eigenvalue weighted by Crippen LogP contribution is -2.65. The summed E-state index contributed by atoms with van der Waals surface area (Å²) in [4.78, 5) is 25.7. The van der Waals surface area contributed by atoms with Crippen molar-refractivity contribution in [3.63, 3.8) is 0 Å². The number of likely N-dealkylation sites (N-methyl/N-ethyl adjacent to an activating group) is 1. The number of nitrogens with zero attached hydrogens (tertiary/aromatic N) is 1. The molecule has 4 aliphatic rings. The van der Waals surface area contributed by atoms with Gasteiger partial charge in [-0.3, -0.25) is 9.59 Å². The molecule has 1 saturated heterocycles. The van der Waals surface area contributed by atoms with Gasteiger partial charge in [-0.25, -0.2) is 0 Å². The highest BCUT2D eigenvalue weighted by molar-refractivity contribution is 5.73. The standard InChI is InChI=1S/C21H23NO5.C4H10O.C4H10/c1-11(23)25-16-6-4-13-10-15-14-5-7-17(26-12(2)24)20-21(14,8-9-22(15)3)18(13)19(16)27-20;1-3-5-4-2;1-3-4-2/h4-7,14-15,17,20H,8-10H2,1-3H3;3-4H2,1-2H3;3-4H2,1-2H3/t14-,15+,17-,20-,21-;;/m0../s1. The van der Waals surface area contributed by atoms with Gasteiger partial charge in [0.15, 0.2) is 17.6 Å². The van der Waals surface area contributed by atoms with Gasteiger partial charge in [0, 0.05) is 50.0 Å². The number of unbranched alkanes of at least 4 members (excludes halogenated alkanes) is 1. The van der Waals surface area contributed by atoms with Crippen LogP contribution in [0.15, 0.2) is 24.3 Å². The van der Waals surface area contributed by atoms with E-state index in [1.54, 1.807) is 0 Å². The molecule has 2 heterocycles. The van der Waals surface area contributed by atoms with Crippen LogP contribution < -0.4 is 9.47 Å². The molecule has 200 valence electrons. The van der Waals surface area contributed by atoms with E-state index in [9.17, 15) is 9.59 Å². The van der Waals surface area contributed by atoms with Crippen molar-refractivity contribution in [2.24, 2.45) is 5.92 Å². The van der Waals surface area contributed by atoms with Crippen LogP contribution in [0.3, 0.4) is 0 Å². The van der Waals surface area contributed by atoms with E-state index in [4.69, 9.17) is 18.9 Å². The van der Waals surface area contributed by atoms with Gasteiger partial charge in [-0.05, 0) is 58.0 Å². The predicted octanol–water partition coefficient (Wildman–Crippen LogP) is 4.84. The molecule has 2 aliphatic carbocycles. The summed E-state index contributed by atoms with van der Waals surface area (Å²) in [6.45, 7) is 13.8. The number of likely N-dealkylation sites (tertiary alicyclic amines) is 1. The number of hydrogen-bond donors (Lipinski definition) is 0. The molecule has 0 aromatic heterocycles. The average Bonchev–Trinajstić information content (AvgIpc) is 3.19. The largest absolute Gasteiger partial charge is 0.481 e. The molecule has 1 spiro atoms. The molecule has 1 aromatic carbocycles. The summed E-state index contributed by atoms with van der Waals surface area (Å²) in [5.74, 6) is 0.712. The molecule has 7 nitrogen and oxygen atoms in total. The third kappa shape index (κ3) is 5.32.